The number of rotatable bonds is 4. The standard InChI is InChI=1S/C12H21NO4Si/c1-5-16-11(14)10-8-15-7-6-12(10,9-13)17-18(2,3)4/h10H,5-8H2,1-4H3. The number of hydrogen-bond donors (Lipinski definition) is 0. The van der Waals surface area contributed by atoms with Crippen LogP contribution in [-0.4, -0.2) is 39.7 Å². The third-order valence-corrected chi connectivity index (χ3v) is 3.69. The summed E-state index contributed by atoms with van der Waals surface area (Å²) in [6.45, 7) is 8.68. The number of carbonyl (C=O) groups excluding carboxylic acids is 1. The van der Waals surface area contributed by atoms with E-state index < -0.39 is 25.8 Å². The van der Waals surface area contributed by atoms with Gasteiger partial charge in [-0.05, 0) is 26.6 Å². The Morgan fingerprint density at radius 1 is 1.56 bits per heavy atom. The van der Waals surface area contributed by atoms with Crippen molar-refractivity contribution >= 4 is 14.3 Å². The van der Waals surface area contributed by atoms with E-state index in [2.05, 4.69) is 6.07 Å². The van der Waals surface area contributed by atoms with Gasteiger partial charge in [-0.25, -0.2) is 0 Å². The van der Waals surface area contributed by atoms with Crippen molar-refractivity contribution in [2.45, 2.75) is 38.6 Å². The minimum absolute atomic E-state index is 0.191. The molecule has 1 saturated heterocycles. The number of esters is 1. The van der Waals surface area contributed by atoms with Crippen molar-refractivity contribution in [3.63, 3.8) is 0 Å². The summed E-state index contributed by atoms with van der Waals surface area (Å²) in [5.41, 5.74) is -1.09. The SMILES string of the molecule is CCOC(=O)C1COCCC1(C#N)O[Si](C)(C)C. The van der Waals surface area contributed by atoms with Crippen molar-refractivity contribution in [1.29, 1.82) is 5.26 Å². The van der Waals surface area contributed by atoms with Crippen molar-refractivity contribution in [3.8, 4) is 6.07 Å². The molecule has 0 saturated carbocycles. The molecule has 0 bridgehead atoms. The number of hydrogen-bond acceptors (Lipinski definition) is 5. The number of nitriles is 1. The molecular weight excluding hydrogens is 250 g/mol. The zero-order valence-corrected chi connectivity index (χ0v) is 12.5. The Morgan fingerprint density at radius 2 is 2.22 bits per heavy atom. The predicted molar refractivity (Wildman–Crippen MR) is 68.3 cm³/mol. The van der Waals surface area contributed by atoms with Gasteiger partial charge in [-0.3, -0.25) is 4.79 Å². The zero-order chi connectivity index (χ0) is 13.8. The van der Waals surface area contributed by atoms with Crippen LogP contribution in [-0.2, 0) is 18.7 Å². The van der Waals surface area contributed by atoms with Gasteiger partial charge in [0.25, 0.3) is 0 Å². The molecule has 0 aliphatic carbocycles. The lowest BCUT2D eigenvalue weighted by Gasteiger charge is -2.40. The van der Waals surface area contributed by atoms with Gasteiger partial charge in [-0.1, -0.05) is 0 Å². The van der Waals surface area contributed by atoms with Gasteiger partial charge in [0.15, 0.2) is 13.9 Å². The van der Waals surface area contributed by atoms with E-state index in [1.165, 1.54) is 0 Å². The van der Waals surface area contributed by atoms with Gasteiger partial charge < -0.3 is 13.9 Å². The van der Waals surface area contributed by atoms with Gasteiger partial charge in [-0.15, -0.1) is 0 Å². The van der Waals surface area contributed by atoms with Crippen LogP contribution in [0.1, 0.15) is 13.3 Å². The second-order valence-corrected chi connectivity index (χ2v) is 9.77. The predicted octanol–water partition coefficient (Wildman–Crippen LogP) is 1.70. The van der Waals surface area contributed by atoms with E-state index in [1.54, 1.807) is 6.92 Å². The Morgan fingerprint density at radius 3 is 2.72 bits per heavy atom. The lowest BCUT2D eigenvalue weighted by Crippen LogP contribution is -2.54. The average Bonchev–Trinajstić information content (AvgIpc) is 2.27. The molecule has 1 aliphatic rings. The lowest BCUT2D eigenvalue weighted by molar-refractivity contribution is -0.164. The van der Waals surface area contributed by atoms with E-state index in [1.807, 2.05) is 19.6 Å². The van der Waals surface area contributed by atoms with Crippen LogP contribution >= 0.6 is 0 Å². The molecule has 6 heteroatoms. The minimum atomic E-state index is -1.93. The molecule has 0 radical (unpaired) electrons. The first-order valence-electron chi connectivity index (χ1n) is 6.20. The highest BCUT2D eigenvalue weighted by Crippen LogP contribution is 2.34. The molecule has 5 nitrogen and oxygen atoms in total. The normalized spacial score (nSPS) is 28.5. The first kappa shape index (κ1) is 15.2. The summed E-state index contributed by atoms with van der Waals surface area (Å²) in [7, 11) is -1.93. The summed E-state index contributed by atoms with van der Waals surface area (Å²) in [4.78, 5) is 11.9. The summed E-state index contributed by atoms with van der Waals surface area (Å²) in [6.07, 6.45) is 0.414. The average molecular weight is 271 g/mol. The minimum Gasteiger partial charge on any atom is -0.466 e. The molecular formula is C12H21NO4Si. The topological polar surface area (TPSA) is 68.5 Å². The molecule has 0 aromatic rings. The highest BCUT2D eigenvalue weighted by Gasteiger charge is 2.50. The molecule has 1 aliphatic heterocycles. The number of carbonyl (C=O) groups is 1. The van der Waals surface area contributed by atoms with E-state index >= 15 is 0 Å². The summed E-state index contributed by atoms with van der Waals surface area (Å²) in [5.74, 6) is -1.06. The van der Waals surface area contributed by atoms with Crippen LogP contribution in [0.3, 0.4) is 0 Å². The zero-order valence-electron chi connectivity index (χ0n) is 11.5. The van der Waals surface area contributed by atoms with Crippen LogP contribution in [0.15, 0.2) is 0 Å². The third kappa shape index (κ3) is 3.54. The molecule has 0 spiro atoms. The fourth-order valence-corrected chi connectivity index (χ4v) is 3.44. The number of ether oxygens (including phenoxy) is 2. The van der Waals surface area contributed by atoms with Crippen LogP contribution < -0.4 is 0 Å². The highest BCUT2D eigenvalue weighted by molar-refractivity contribution is 6.69. The Hall–Kier alpha value is -0.903. The molecule has 0 N–H and O–H groups in total. The van der Waals surface area contributed by atoms with Gasteiger partial charge >= 0.3 is 5.97 Å². The molecule has 1 fully saturated rings. The quantitative estimate of drug-likeness (QED) is 0.575. The molecule has 18 heavy (non-hydrogen) atoms. The smallest absolute Gasteiger partial charge is 0.315 e. The molecule has 102 valence electrons. The van der Waals surface area contributed by atoms with Gasteiger partial charge in [0.2, 0.25) is 0 Å². The van der Waals surface area contributed by atoms with Crippen molar-refractivity contribution in [3.05, 3.63) is 0 Å². The number of nitrogens with zero attached hydrogens (tertiary/aromatic N) is 1. The molecule has 1 rings (SSSR count). The van der Waals surface area contributed by atoms with Crippen LogP contribution in [0.25, 0.3) is 0 Å². The largest absolute Gasteiger partial charge is 0.466 e. The summed E-state index contributed by atoms with van der Waals surface area (Å²) < 4.78 is 16.3. The van der Waals surface area contributed by atoms with Crippen LogP contribution in [0.5, 0.6) is 0 Å². The maximum Gasteiger partial charge on any atom is 0.315 e. The van der Waals surface area contributed by atoms with E-state index in [0.29, 0.717) is 19.6 Å². The molecule has 1 heterocycles. The van der Waals surface area contributed by atoms with Crippen LogP contribution in [0.2, 0.25) is 19.6 Å². The maximum atomic E-state index is 11.9. The Bertz CT molecular complexity index is 347. The van der Waals surface area contributed by atoms with Crippen LogP contribution in [0, 0.1) is 17.2 Å². The molecule has 2 unspecified atom stereocenters. The van der Waals surface area contributed by atoms with Gasteiger partial charge in [0, 0.05) is 6.42 Å². The second-order valence-electron chi connectivity index (χ2n) is 5.35. The molecule has 0 aromatic carbocycles. The monoisotopic (exact) mass is 271 g/mol. The van der Waals surface area contributed by atoms with Crippen molar-refractivity contribution in [2.75, 3.05) is 19.8 Å². The first-order chi connectivity index (χ1) is 8.34. The third-order valence-electron chi connectivity index (χ3n) is 2.71. The second kappa shape index (κ2) is 5.82. The van der Waals surface area contributed by atoms with Crippen molar-refractivity contribution in [2.24, 2.45) is 5.92 Å². The Balaban J connectivity index is 2.97. The summed E-state index contributed by atoms with van der Waals surface area (Å²) in [6, 6.07) is 2.20. The summed E-state index contributed by atoms with van der Waals surface area (Å²) in [5, 5.41) is 9.48. The van der Waals surface area contributed by atoms with E-state index in [-0.39, 0.29) is 6.61 Å². The van der Waals surface area contributed by atoms with E-state index in [9.17, 15) is 10.1 Å². The molecule has 0 aromatic heterocycles. The van der Waals surface area contributed by atoms with Gasteiger partial charge in [0.05, 0.1) is 25.9 Å². The van der Waals surface area contributed by atoms with Gasteiger partial charge in [0.1, 0.15) is 5.92 Å². The lowest BCUT2D eigenvalue weighted by atomic mass is 9.85. The van der Waals surface area contributed by atoms with Crippen LogP contribution in [0.4, 0.5) is 0 Å². The fourth-order valence-electron chi connectivity index (χ4n) is 2.06. The van der Waals surface area contributed by atoms with Gasteiger partial charge in [-0.2, -0.15) is 5.26 Å². The van der Waals surface area contributed by atoms with Crippen molar-refractivity contribution < 1.29 is 18.7 Å². The molecule has 2 atom stereocenters. The highest BCUT2D eigenvalue weighted by atomic mass is 28.4. The fraction of sp³-hybridized carbons (Fsp3) is 0.833. The Kier molecular flexibility index (Phi) is 4.90. The van der Waals surface area contributed by atoms with E-state index in [4.69, 9.17) is 13.9 Å². The Labute approximate surface area is 109 Å². The van der Waals surface area contributed by atoms with E-state index in [0.717, 1.165) is 0 Å². The first-order valence-corrected chi connectivity index (χ1v) is 9.61. The maximum absolute atomic E-state index is 11.9. The molecule has 0 amide bonds. The van der Waals surface area contributed by atoms with Crippen molar-refractivity contribution in [1.82, 2.24) is 0 Å². The summed E-state index contributed by atoms with van der Waals surface area (Å²) >= 11 is 0.